The molecule has 0 aliphatic rings. The molecule has 0 unspecified atom stereocenters. The van der Waals surface area contributed by atoms with Crippen molar-refractivity contribution >= 4 is 5.82 Å². The van der Waals surface area contributed by atoms with Gasteiger partial charge in [-0.3, -0.25) is 0 Å². The van der Waals surface area contributed by atoms with Crippen LogP contribution in [0.25, 0.3) is 0 Å². The van der Waals surface area contributed by atoms with Gasteiger partial charge in [0.25, 0.3) is 0 Å². The van der Waals surface area contributed by atoms with Crippen LogP contribution in [0.2, 0.25) is 0 Å². The summed E-state index contributed by atoms with van der Waals surface area (Å²) in [6.45, 7) is 2.11. The first-order valence-electron chi connectivity index (χ1n) is 6.39. The third-order valence-electron chi connectivity index (χ3n) is 2.77. The molecule has 0 aliphatic heterocycles. The molecule has 6 heteroatoms. The summed E-state index contributed by atoms with van der Waals surface area (Å²) in [6.07, 6.45) is 0. The van der Waals surface area contributed by atoms with Crippen LogP contribution in [0.4, 0.5) is 5.82 Å². The number of methoxy groups -OCH3 is 1. The van der Waals surface area contributed by atoms with Gasteiger partial charge in [-0.25, -0.2) is 9.97 Å². The normalized spacial score (nSPS) is 9.81. The number of hydrogen-bond acceptors (Lipinski definition) is 6. The Hall–Kier alpha value is -2.81. The molecule has 0 fully saturated rings. The fourth-order valence-corrected chi connectivity index (χ4v) is 1.81. The van der Waals surface area contributed by atoms with Gasteiger partial charge in [0.05, 0.1) is 18.7 Å². The van der Waals surface area contributed by atoms with E-state index in [2.05, 4.69) is 21.4 Å². The third kappa shape index (κ3) is 3.83. The average molecular weight is 284 g/mol. The predicted octanol–water partition coefficient (Wildman–Crippen LogP) is 2.29. The molecule has 2 aromatic rings. The van der Waals surface area contributed by atoms with Crippen LogP contribution in [0.15, 0.2) is 24.3 Å². The first kappa shape index (κ1) is 14.6. The largest absolute Gasteiger partial charge is 0.497 e. The number of nitrogens with one attached hydrogen (secondary N) is 1. The van der Waals surface area contributed by atoms with Gasteiger partial charge >= 0.3 is 0 Å². The van der Waals surface area contributed by atoms with E-state index in [-0.39, 0.29) is 6.61 Å². The van der Waals surface area contributed by atoms with Crippen molar-refractivity contribution < 1.29 is 9.47 Å². The van der Waals surface area contributed by atoms with E-state index in [9.17, 15) is 0 Å². The Morgan fingerprint density at radius 2 is 1.95 bits per heavy atom. The third-order valence-corrected chi connectivity index (χ3v) is 2.77. The van der Waals surface area contributed by atoms with Gasteiger partial charge in [0.1, 0.15) is 23.9 Å². The zero-order chi connectivity index (χ0) is 15.2. The fourth-order valence-electron chi connectivity index (χ4n) is 1.81. The maximum absolute atomic E-state index is 8.98. The minimum absolute atomic E-state index is 0.217. The molecule has 21 heavy (non-hydrogen) atoms. The minimum Gasteiger partial charge on any atom is -0.497 e. The number of ether oxygens (including phenoxy) is 2. The maximum Gasteiger partial charge on any atom is 0.168 e. The van der Waals surface area contributed by atoms with Crippen molar-refractivity contribution in [2.75, 3.05) is 19.5 Å². The summed E-state index contributed by atoms with van der Waals surface area (Å²) in [6, 6.07) is 8.93. The molecular formula is C15H16N4O2. The van der Waals surface area contributed by atoms with Gasteiger partial charge in [-0.2, -0.15) is 5.26 Å². The Morgan fingerprint density at radius 3 is 2.62 bits per heavy atom. The molecule has 0 saturated carbocycles. The van der Waals surface area contributed by atoms with Crippen molar-refractivity contribution in [1.82, 2.24) is 9.97 Å². The summed E-state index contributed by atoms with van der Waals surface area (Å²) < 4.78 is 10.8. The Bertz CT molecular complexity index is 680. The monoisotopic (exact) mass is 284 g/mol. The van der Waals surface area contributed by atoms with Crippen LogP contribution < -0.4 is 14.8 Å². The van der Waals surface area contributed by atoms with E-state index in [1.807, 2.05) is 13.0 Å². The summed E-state index contributed by atoms with van der Waals surface area (Å²) in [7, 11) is 3.34. The zero-order valence-electron chi connectivity index (χ0n) is 12.2. The topological polar surface area (TPSA) is 80.1 Å². The van der Waals surface area contributed by atoms with Crippen molar-refractivity contribution in [2.45, 2.75) is 13.5 Å². The number of anilines is 1. The second-order valence-electron chi connectivity index (χ2n) is 4.36. The van der Waals surface area contributed by atoms with E-state index in [1.165, 1.54) is 0 Å². The first-order valence-corrected chi connectivity index (χ1v) is 6.39. The van der Waals surface area contributed by atoms with E-state index >= 15 is 0 Å². The van der Waals surface area contributed by atoms with Gasteiger partial charge in [-0.05, 0) is 19.1 Å². The minimum atomic E-state index is 0.217. The number of aryl methyl sites for hydroxylation is 1. The molecule has 108 valence electrons. The molecule has 1 aromatic heterocycles. The lowest BCUT2D eigenvalue weighted by Gasteiger charge is -2.09. The lowest BCUT2D eigenvalue weighted by molar-refractivity contribution is 0.293. The van der Waals surface area contributed by atoms with E-state index < -0.39 is 0 Å². The van der Waals surface area contributed by atoms with E-state index in [1.54, 1.807) is 32.4 Å². The number of rotatable bonds is 5. The molecule has 0 spiro atoms. The van der Waals surface area contributed by atoms with Gasteiger partial charge in [0, 0.05) is 24.9 Å². The number of nitrogens with zero attached hydrogens (tertiary/aromatic N) is 3. The van der Waals surface area contributed by atoms with Crippen LogP contribution in [0.3, 0.4) is 0 Å². The van der Waals surface area contributed by atoms with Gasteiger partial charge in [-0.1, -0.05) is 0 Å². The standard InChI is InChI=1S/C15H16N4O2/c1-10-4-14(17-2)19-15(18-10)9-21-13-6-11(8-16)5-12(7-13)20-3/h4-7H,9H2,1-3H3,(H,17,18,19). The molecule has 1 heterocycles. The average Bonchev–Trinajstić information content (AvgIpc) is 2.51. The van der Waals surface area contributed by atoms with Crippen LogP contribution in [0, 0.1) is 18.3 Å². The molecule has 1 N–H and O–H groups in total. The predicted molar refractivity (Wildman–Crippen MR) is 78.4 cm³/mol. The first-order chi connectivity index (χ1) is 10.1. The Morgan fingerprint density at radius 1 is 1.19 bits per heavy atom. The lowest BCUT2D eigenvalue weighted by Crippen LogP contribution is -2.05. The number of benzene rings is 1. The molecule has 0 saturated heterocycles. The molecule has 0 amide bonds. The molecule has 0 bridgehead atoms. The van der Waals surface area contributed by atoms with Crippen molar-refractivity contribution in [3.63, 3.8) is 0 Å². The Kier molecular flexibility index (Phi) is 4.57. The quantitative estimate of drug-likeness (QED) is 0.907. The molecule has 0 aliphatic carbocycles. The van der Waals surface area contributed by atoms with Gasteiger partial charge in [-0.15, -0.1) is 0 Å². The Labute approximate surface area is 123 Å². The molecule has 1 aromatic carbocycles. The molecular weight excluding hydrogens is 268 g/mol. The second-order valence-corrected chi connectivity index (χ2v) is 4.36. The maximum atomic E-state index is 8.98. The highest BCUT2D eigenvalue weighted by molar-refractivity contribution is 5.44. The highest BCUT2D eigenvalue weighted by Crippen LogP contribution is 2.23. The summed E-state index contributed by atoms with van der Waals surface area (Å²) >= 11 is 0. The number of nitriles is 1. The van der Waals surface area contributed by atoms with Crippen molar-refractivity contribution in [3.05, 3.63) is 41.3 Å². The number of aromatic nitrogens is 2. The van der Waals surface area contributed by atoms with Gasteiger partial charge in [0.15, 0.2) is 5.82 Å². The van der Waals surface area contributed by atoms with E-state index in [0.717, 1.165) is 11.5 Å². The van der Waals surface area contributed by atoms with Crippen LogP contribution in [0.5, 0.6) is 11.5 Å². The van der Waals surface area contributed by atoms with E-state index in [4.69, 9.17) is 14.7 Å². The van der Waals surface area contributed by atoms with Crippen LogP contribution >= 0.6 is 0 Å². The lowest BCUT2D eigenvalue weighted by atomic mass is 10.2. The summed E-state index contributed by atoms with van der Waals surface area (Å²) in [5.41, 5.74) is 1.33. The van der Waals surface area contributed by atoms with Gasteiger partial charge < -0.3 is 14.8 Å². The van der Waals surface area contributed by atoms with E-state index in [0.29, 0.717) is 22.9 Å². The Balaban J connectivity index is 2.16. The summed E-state index contributed by atoms with van der Waals surface area (Å²) in [5.74, 6) is 2.43. The molecule has 2 rings (SSSR count). The van der Waals surface area contributed by atoms with Crippen LogP contribution in [0.1, 0.15) is 17.1 Å². The van der Waals surface area contributed by atoms with Crippen molar-refractivity contribution in [3.8, 4) is 17.6 Å². The zero-order valence-corrected chi connectivity index (χ0v) is 12.2. The molecule has 6 nitrogen and oxygen atoms in total. The van der Waals surface area contributed by atoms with Crippen LogP contribution in [-0.4, -0.2) is 24.1 Å². The summed E-state index contributed by atoms with van der Waals surface area (Å²) in [5, 5.41) is 12.0. The smallest absolute Gasteiger partial charge is 0.168 e. The fraction of sp³-hybridized carbons (Fsp3) is 0.267. The van der Waals surface area contributed by atoms with Gasteiger partial charge in [0.2, 0.25) is 0 Å². The van der Waals surface area contributed by atoms with Crippen molar-refractivity contribution in [1.29, 1.82) is 5.26 Å². The van der Waals surface area contributed by atoms with Crippen LogP contribution in [-0.2, 0) is 6.61 Å². The highest BCUT2D eigenvalue weighted by atomic mass is 16.5. The molecule has 0 radical (unpaired) electrons. The second kappa shape index (κ2) is 6.57. The highest BCUT2D eigenvalue weighted by Gasteiger charge is 2.05. The van der Waals surface area contributed by atoms with Crippen molar-refractivity contribution in [2.24, 2.45) is 0 Å². The number of hydrogen-bond donors (Lipinski definition) is 1. The molecule has 0 atom stereocenters. The SMILES string of the molecule is CNc1cc(C)nc(COc2cc(C#N)cc(OC)c2)n1. The summed E-state index contributed by atoms with van der Waals surface area (Å²) in [4.78, 5) is 8.62.